The van der Waals surface area contributed by atoms with Crippen molar-refractivity contribution in [3.63, 3.8) is 0 Å². The molecule has 4 aliphatic rings. The van der Waals surface area contributed by atoms with Gasteiger partial charge in [-0.15, -0.1) is 0 Å². The number of piperidine rings is 2. The van der Waals surface area contributed by atoms with Crippen molar-refractivity contribution in [3.8, 4) is 0 Å². The summed E-state index contributed by atoms with van der Waals surface area (Å²) >= 11 is 0. The topological polar surface area (TPSA) is 36.4 Å². The Kier molecular flexibility index (Phi) is 3.58. The van der Waals surface area contributed by atoms with E-state index >= 15 is 0 Å². The lowest BCUT2D eigenvalue weighted by molar-refractivity contribution is -0.174. The second-order valence-corrected chi connectivity index (χ2v) is 8.70. The molecule has 0 spiro atoms. The molecule has 4 saturated heterocycles. The number of aromatic nitrogens is 1. The van der Waals surface area contributed by atoms with Crippen LogP contribution in [0.1, 0.15) is 22.9 Å². The Morgan fingerprint density at radius 2 is 1.24 bits per heavy atom. The molecule has 0 unspecified atom stereocenters. The number of nitrogens with zero attached hydrogens (tertiary/aromatic N) is 3. The van der Waals surface area contributed by atoms with Gasteiger partial charge in [0, 0.05) is 44.1 Å². The molecule has 4 fully saturated rings. The zero-order valence-corrected chi connectivity index (χ0v) is 16.2. The molecule has 0 saturated carbocycles. The summed E-state index contributed by atoms with van der Waals surface area (Å²) in [5.74, 6) is 0.388. The lowest BCUT2D eigenvalue weighted by Crippen LogP contribution is -2.79. The Hall–Kier alpha value is -2.82. The van der Waals surface area contributed by atoms with Crippen LogP contribution in [-0.2, 0) is 15.6 Å². The van der Waals surface area contributed by atoms with Crippen LogP contribution in [0.25, 0.3) is 0 Å². The average Bonchev–Trinajstić information content (AvgIpc) is 2.78. The Morgan fingerprint density at radius 3 is 1.69 bits per heavy atom. The summed E-state index contributed by atoms with van der Waals surface area (Å²) in [4.78, 5) is 23.6. The van der Waals surface area contributed by atoms with E-state index in [0.29, 0.717) is 5.78 Å². The van der Waals surface area contributed by atoms with Gasteiger partial charge in [0.2, 0.25) is 0 Å². The van der Waals surface area contributed by atoms with Gasteiger partial charge in [-0.05, 0) is 17.2 Å². The molecule has 1 aromatic heterocycles. The van der Waals surface area contributed by atoms with Crippen molar-refractivity contribution in [3.05, 3.63) is 102 Å². The van der Waals surface area contributed by atoms with Crippen LogP contribution in [0.5, 0.6) is 0 Å². The van der Waals surface area contributed by atoms with Crippen molar-refractivity contribution >= 4 is 5.78 Å². The molecule has 4 nitrogen and oxygen atoms in total. The molecule has 29 heavy (non-hydrogen) atoms. The van der Waals surface area contributed by atoms with Crippen LogP contribution < -0.4 is 0 Å². The summed E-state index contributed by atoms with van der Waals surface area (Å²) in [5.41, 5.74) is 2.54. The third kappa shape index (κ3) is 2.27. The molecule has 3 aromatic rings. The molecule has 2 aromatic carbocycles. The molecule has 4 aliphatic heterocycles. The van der Waals surface area contributed by atoms with E-state index in [1.807, 2.05) is 30.6 Å². The van der Waals surface area contributed by atoms with E-state index in [-0.39, 0.29) is 6.17 Å². The number of hydrogen-bond acceptors (Lipinski definition) is 4. The second-order valence-electron chi connectivity index (χ2n) is 8.70. The van der Waals surface area contributed by atoms with E-state index in [1.54, 1.807) is 0 Å². The molecular weight excluding hydrogens is 358 g/mol. The third-order valence-electron chi connectivity index (χ3n) is 7.09. The van der Waals surface area contributed by atoms with Gasteiger partial charge in [-0.25, -0.2) is 0 Å². The molecule has 0 radical (unpaired) electrons. The van der Waals surface area contributed by atoms with Crippen LogP contribution in [0, 0.1) is 0 Å². The van der Waals surface area contributed by atoms with Crippen LogP contribution in [0.4, 0.5) is 0 Å². The molecule has 0 amide bonds. The molecule has 0 atom stereocenters. The van der Waals surface area contributed by atoms with Gasteiger partial charge in [0.1, 0.15) is 0 Å². The van der Waals surface area contributed by atoms with Gasteiger partial charge in [-0.3, -0.25) is 19.6 Å². The summed E-state index contributed by atoms with van der Waals surface area (Å²) in [6, 6.07) is 25.0. The number of carbonyl (C=O) groups is 1. The molecular formula is C25H23N3O. The number of benzene rings is 2. The third-order valence-corrected chi connectivity index (χ3v) is 7.09. The zero-order chi connectivity index (χ0) is 19.5. The SMILES string of the molecule is O=C1C2(c3ccccc3)CN3CC1(c1ccccc1)CN(C2)C3c1cccnc1. The Balaban J connectivity index is 1.53. The maximum absolute atomic E-state index is 14.2. The van der Waals surface area contributed by atoms with Crippen LogP contribution >= 0.6 is 0 Å². The van der Waals surface area contributed by atoms with Crippen molar-refractivity contribution in [2.75, 3.05) is 26.2 Å². The highest BCUT2D eigenvalue weighted by atomic mass is 16.1. The molecule has 5 heterocycles. The van der Waals surface area contributed by atoms with Crippen LogP contribution in [0.15, 0.2) is 85.2 Å². The highest BCUT2D eigenvalue weighted by Crippen LogP contribution is 2.54. The van der Waals surface area contributed by atoms with Gasteiger partial charge >= 0.3 is 0 Å². The van der Waals surface area contributed by atoms with Gasteiger partial charge < -0.3 is 0 Å². The quantitative estimate of drug-likeness (QED) is 0.698. The van der Waals surface area contributed by atoms with Crippen molar-refractivity contribution in [2.24, 2.45) is 0 Å². The van der Waals surface area contributed by atoms with Gasteiger partial charge in [-0.2, -0.15) is 0 Å². The van der Waals surface area contributed by atoms with Crippen molar-refractivity contribution in [1.29, 1.82) is 0 Å². The van der Waals surface area contributed by atoms with E-state index in [9.17, 15) is 4.79 Å². The number of hydrogen-bond donors (Lipinski definition) is 0. The van der Waals surface area contributed by atoms with Gasteiger partial charge in [0.05, 0.1) is 17.0 Å². The fourth-order valence-electron chi connectivity index (χ4n) is 6.01. The van der Waals surface area contributed by atoms with E-state index in [2.05, 4.69) is 69.4 Å². The minimum atomic E-state index is -0.480. The fourth-order valence-corrected chi connectivity index (χ4v) is 6.01. The van der Waals surface area contributed by atoms with Crippen LogP contribution in [0.3, 0.4) is 0 Å². The van der Waals surface area contributed by atoms with Crippen molar-refractivity contribution in [1.82, 2.24) is 14.8 Å². The number of Topliss-reactive ketones (excluding diaryl/α,β-unsaturated/α-hetero) is 1. The highest BCUT2D eigenvalue weighted by molar-refractivity contribution is 6.02. The van der Waals surface area contributed by atoms with Gasteiger partial charge in [0.15, 0.2) is 5.78 Å². The largest absolute Gasteiger partial charge is 0.297 e. The maximum Gasteiger partial charge on any atom is 0.159 e. The second kappa shape index (κ2) is 6.09. The van der Waals surface area contributed by atoms with E-state index in [0.717, 1.165) is 37.3 Å². The van der Waals surface area contributed by atoms with E-state index in [1.165, 1.54) is 5.56 Å². The summed E-state index contributed by atoms with van der Waals surface area (Å²) < 4.78 is 0. The number of rotatable bonds is 3. The molecule has 0 N–H and O–H groups in total. The Morgan fingerprint density at radius 1 is 0.724 bits per heavy atom. The smallest absolute Gasteiger partial charge is 0.159 e. The first kappa shape index (κ1) is 17.1. The number of pyridine rings is 1. The first-order chi connectivity index (χ1) is 14.2. The molecule has 144 valence electrons. The lowest BCUT2D eigenvalue weighted by atomic mass is 9.56. The predicted molar refractivity (Wildman–Crippen MR) is 111 cm³/mol. The molecule has 4 bridgehead atoms. The maximum atomic E-state index is 14.2. The Labute approximate surface area is 170 Å². The van der Waals surface area contributed by atoms with Crippen LogP contribution in [-0.4, -0.2) is 46.7 Å². The van der Waals surface area contributed by atoms with Gasteiger partial charge in [-0.1, -0.05) is 66.7 Å². The summed E-state index contributed by atoms with van der Waals surface area (Å²) in [6.45, 7) is 3.06. The summed E-state index contributed by atoms with van der Waals surface area (Å²) in [5, 5.41) is 0. The fraction of sp³-hybridized carbons (Fsp3) is 0.280. The molecule has 0 aliphatic carbocycles. The van der Waals surface area contributed by atoms with Crippen molar-refractivity contribution < 1.29 is 4.79 Å². The normalized spacial score (nSPS) is 35.0. The van der Waals surface area contributed by atoms with Gasteiger partial charge in [0.25, 0.3) is 0 Å². The Bertz CT molecular complexity index is 974. The molecule has 4 heteroatoms. The zero-order valence-electron chi connectivity index (χ0n) is 16.2. The minimum Gasteiger partial charge on any atom is -0.297 e. The van der Waals surface area contributed by atoms with Crippen LogP contribution in [0.2, 0.25) is 0 Å². The first-order valence-corrected chi connectivity index (χ1v) is 10.3. The average molecular weight is 381 g/mol. The molecule has 7 rings (SSSR count). The summed E-state index contributed by atoms with van der Waals surface area (Å²) in [6.07, 6.45) is 3.98. The minimum absolute atomic E-state index is 0.186. The monoisotopic (exact) mass is 381 g/mol. The van der Waals surface area contributed by atoms with E-state index in [4.69, 9.17) is 0 Å². The number of carbonyl (C=O) groups excluding carboxylic acids is 1. The van der Waals surface area contributed by atoms with Crippen molar-refractivity contribution in [2.45, 2.75) is 17.0 Å². The standard InChI is InChI=1S/C25H23N3O/c29-23-24(20-9-3-1-4-10-20)15-27-17-25(23,21-11-5-2-6-12-21)18-28(16-24)22(27)19-8-7-13-26-14-19/h1-14,22H,15-18H2. The highest BCUT2D eigenvalue weighted by Gasteiger charge is 2.66. The predicted octanol–water partition coefficient (Wildman–Crippen LogP) is 3.17. The summed E-state index contributed by atoms with van der Waals surface area (Å²) in [7, 11) is 0. The lowest BCUT2D eigenvalue weighted by Gasteiger charge is -2.66. The van der Waals surface area contributed by atoms with E-state index < -0.39 is 10.8 Å². The number of ketones is 1. The first-order valence-electron chi connectivity index (χ1n) is 10.3.